The normalized spacial score (nSPS) is 16.4. The van der Waals surface area contributed by atoms with Crippen LogP contribution in [0.3, 0.4) is 0 Å². The molecule has 6 heteroatoms. The van der Waals surface area contributed by atoms with Gasteiger partial charge in [-0.2, -0.15) is 0 Å². The van der Waals surface area contributed by atoms with E-state index in [1.165, 1.54) is 34.8 Å². The molecule has 0 unspecified atom stereocenters. The summed E-state index contributed by atoms with van der Waals surface area (Å²) in [6.07, 6.45) is 11.1. The van der Waals surface area contributed by atoms with Gasteiger partial charge in [-0.25, -0.2) is 13.9 Å². The van der Waals surface area contributed by atoms with Crippen LogP contribution in [0, 0.1) is 0 Å². The second kappa shape index (κ2) is 5.52. The first-order chi connectivity index (χ1) is 9.34. The summed E-state index contributed by atoms with van der Waals surface area (Å²) in [4.78, 5) is 16.0. The number of rotatable bonds is 5. The van der Waals surface area contributed by atoms with Crippen molar-refractivity contribution in [1.82, 2.24) is 24.5 Å². The third-order valence-corrected chi connectivity index (χ3v) is 3.72. The van der Waals surface area contributed by atoms with Crippen molar-refractivity contribution in [1.29, 1.82) is 0 Å². The molecule has 19 heavy (non-hydrogen) atoms. The van der Waals surface area contributed by atoms with E-state index in [4.69, 9.17) is 0 Å². The van der Waals surface area contributed by atoms with E-state index in [-0.39, 0.29) is 5.69 Å². The Balaban J connectivity index is 1.56. The quantitative estimate of drug-likeness (QED) is 0.809. The summed E-state index contributed by atoms with van der Waals surface area (Å²) < 4.78 is 3.05. The number of nitrogens with zero attached hydrogens (tertiary/aromatic N) is 4. The molecule has 0 spiro atoms. The molecule has 1 saturated carbocycles. The van der Waals surface area contributed by atoms with Gasteiger partial charge in [-0.1, -0.05) is 12.8 Å². The van der Waals surface area contributed by atoms with Gasteiger partial charge in [0.1, 0.15) is 0 Å². The Morgan fingerprint density at radius 3 is 3.00 bits per heavy atom. The molecule has 0 amide bonds. The van der Waals surface area contributed by atoms with Gasteiger partial charge in [0.2, 0.25) is 0 Å². The molecule has 0 aromatic carbocycles. The predicted octanol–water partition coefficient (Wildman–Crippen LogP) is 0.813. The summed E-state index contributed by atoms with van der Waals surface area (Å²) in [5.41, 5.74) is 0.523. The number of fused-ring (bicyclic) bond motifs is 1. The van der Waals surface area contributed by atoms with Crippen LogP contribution in [-0.4, -0.2) is 31.8 Å². The van der Waals surface area contributed by atoms with Crippen LogP contribution in [0.25, 0.3) is 5.65 Å². The van der Waals surface area contributed by atoms with E-state index in [9.17, 15) is 4.79 Å². The molecule has 2 aromatic heterocycles. The van der Waals surface area contributed by atoms with Crippen LogP contribution in [0.15, 0.2) is 23.4 Å². The summed E-state index contributed by atoms with van der Waals surface area (Å²) in [6, 6.07) is 0.682. The highest BCUT2D eigenvalue weighted by atomic mass is 16.2. The van der Waals surface area contributed by atoms with E-state index in [1.807, 2.05) is 0 Å². The maximum Gasteiger partial charge on any atom is 0.350 e. The van der Waals surface area contributed by atoms with Crippen LogP contribution in [-0.2, 0) is 6.54 Å². The van der Waals surface area contributed by atoms with Crippen molar-refractivity contribution in [3.05, 3.63) is 29.1 Å². The van der Waals surface area contributed by atoms with E-state index >= 15 is 0 Å². The monoisotopic (exact) mass is 261 g/mol. The average molecular weight is 261 g/mol. The van der Waals surface area contributed by atoms with Gasteiger partial charge in [-0.05, 0) is 25.8 Å². The average Bonchev–Trinajstić information content (AvgIpc) is 3.04. The molecule has 2 aromatic rings. The minimum atomic E-state index is -0.0849. The molecule has 0 aliphatic heterocycles. The van der Waals surface area contributed by atoms with E-state index < -0.39 is 0 Å². The number of hydrogen-bond acceptors (Lipinski definition) is 4. The minimum Gasteiger partial charge on any atom is -0.314 e. The first-order valence-electron chi connectivity index (χ1n) is 6.97. The van der Waals surface area contributed by atoms with Gasteiger partial charge in [-0.15, -0.1) is 5.10 Å². The van der Waals surface area contributed by atoms with Gasteiger partial charge in [0.15, 0.2) is 5.65 Å². The van der Waals surface area contributed by atoms with Crippen LogP contribution in [0.2, 0.25) is 0 Å². The molecule has 102 valence electrons. The molecule has 1 aliphatic rings. The fraction of sp³-hybridized carbons (Fsp3) is 0.615. The van der Waals surface area contributed by atoms with Crippen molar-refractivity contribution >= 4 is 5.65 Å². The second-order valence-corrected chi connectivity index (χ2v) is 5.10. The Morgan fingerprint density at radius 1 is 1.37 bits per heavy atom. The first-order valence-corrected chi connectivity index (χ1v) is 6.97. The van der Waals surface area contributed by atoms with Gasteiger partial charge >= 0.3 is 5.69 Å². The van der Waals surface area contributed by atoms with E-state index in [0.717, 1.165) is 13.0 Å². The van der Waals surface area contributed by atoms with Crippen molar-refractivity contribution in [2.45, 2.75) is 44.7 Å². The fourth-order valence-corrected chi connectivity index (χ4v) is 2.69. The molecule has 2 heterocycles. The first kappa shape index (κ1) is 12.3. The Kier molecular flexibility index (Phi) is 3.59. The lowest BCUT2D eigenvalue weighted by atomic mass is 10.2. The molecule has 1 fully saturated rings. The highest BCUT2D eigenvalue weighted by molar-refractivity contribution is 5.31. The molecule has 1 aliphatic carbocycles. The van der Waals surface area contributed by atoms with Crippen LogP contribution in [0.4, 0.5) is 0 Å². The molecule has 0 atom stereocenters. The maximum absolute atomic E-state index is 12.0. The smallest absolute Gasteiger partial charge is 0.314 e. The third-order valence-electron chi connectivity index (χ3n) is 3.72. The van der Waals surface area contributed by atoms with Gasteiger partial charge in [0.25, 0.3) is 0 Å². The third kappa shape index (κ3) is 2.68. The van der Waals surface area contributed by atoms with Crippen molar-refractivity contribution in [3.63, 3.8) is 0 Å². The van der Waals surface area contributed by atoms with E-state index in [1.54, 1.807) is 18.6 Å². The Morgan fingerprint density at radius 2 is 2.21 bits per heavy atom. The van der Waals surface area contributed by atoms with Crippen LogP contribution in [0.5, 0.6) is 0 Å². The second-order valence-electron chi connectivity index (χ2n) is 5.10. The SMILES string of the molecule is O=c1n(CCCNC2CCCC2)nc2cnccn12. The lowest BCUT2D eigenvalue weighted by molar-refractivity contribution is 0.478. The number of hydrogen-bond donors (Lipinski definition) is 1. The lowest BCUT2D eigenvalue weighted by Crippen LogP contribution is -2.29. The van der Waals surface area contributed by atoms with Gasteiger partial charge in [0, 0.05) is 25.0 Å². The summed E-state index contributed by atoms with van der Waals surface area (Å²) in [7, 11) is 0. The molecule has 3 rings (SSSR count). The van der Waals surface area contributed by atoms with E-state index in [2.05, 4.69) is 15.4 Å². The van der Waals surface area contributed by atoms with Gasteiger partial charge < -0.3 is 5.32 Å². The molecule has 6 nitrogen and oxygen atoms in total. The Bertz CT molecular complexity index is 596. The molecule has 0 radical (unpaired) electrons. The highest BCUT2D eigenvalue weighted by Gasteiger charge is 2.13. The number of nitrogens with one attached hydrogen (secondary N) is 1. The van der Waals surface area contributed by atoms with Crippen molar-refractivity contribution < 1.29 is 0 Å². The largest absolute Gasteiger partial charge is 0.350 e. The van der Waals surface area contributed by atoms with Crippen molar-refractivity contribution in [3.8, 4) is 0 Å². The Hall–Kier alpha value is -1.69. The number of aromatic nitrogens is 4. The molecular formula is C13H19N5O. The zero-order valence-corrected chi connectivity index (χ0v) is 11.0. The summed E-state index contributed by atoms with van der Waals surface area (Å²) in [5, 5.41) is 7.80. The number of aryl methyl sites for hydroxylation is 1. The molecular weight excluding hydrogens is 242 g/mol. The van der Waals surface area contributed by atoms with Crippen LogP contribution < -0.4 is 11.0 Å². The predicted molar refractivity (Wildman–Crippen MR) is 72.1 cm³/mol. The summed E-state index contributed by atoms with van der Waals surface area (Å²) in [6.45, 7) is 1.60. The molecule has 0 bridgehead atoms. The molecule has 0 saturated heterocycles. The van der Waals surface area contributed by atoms with Crippen molar-refractivity contribution in [2.24, 2.45) is 0 Å². The lowest BCUT2D eigenvalue weighted by Gasteiger charge is -2.10. The van der Waals surface area contributed by atoms with Crippen molar-refractivity contribution in [2.75, 3.05) is 6.54 Å². The maximum atomic E-state index is 12.0. The van der Waals surface area contributed by atoms with E-state index in [0.29, 0.717) is 18.2 Å². The zero-order chi connectivity index (χ0) is 13.1. The minimum absolute atomic E-state index is 0.0849. The molecule has 1 N–H and O–H groups in total. The standard InChI is InChI=1S/C13H19N5O/c19-13-17-9-7-14-10-12(17)16-18(13)8-3-6-15-11-4-1-2-5-11/h7,9-11,15H,1-6,8H2. The Labute approximate surface area is 111 Å². The van der Waals surface area contributed by atoms with Gasteiger partial charge in [0.05, 0.1) is 6.20 Å². The topological polar surface area (TPSA) is 64.2 Å². The van der Waals surface area contributed by atoms with Gasteiger partial charge in [-0.3, -0.25) is 4.98 Å². The summed E-state index contributed by atoms with van der Waals surface area (Å²) >= 11 is 0. The zero-order valence-electron chi connectivity index (χ0n) is 11.0. The summed E-state index contributed by atoms with van der Waals surface area (Å²) in [5.74, 6) is 0. The van der Waals surface area contributed by atoms with Crippen LogP contribution in [0.1, 0.15) is 32.1 Å². The van der Waals surface area contributed by atoms with Crippen LogP contribution >= 0.6 is 0 Å². The fourth-order valence-electron chi connectivity index (χ4n) is 2.69. The highest BCUT2D eigenvalue weighted by Crippen LogP contribution is 2.17.